The van der Waals surface area contributed by atoms with Crippen LogP contribution in [-0.4, -0.2) is 76.3 Å². The van der Waals surface area contributed by atoms with Crippen LogP contribution >= 0.6 is 0 Å². The molecule has 5 heterocycles. The molecule has 2 N–H and O–H groups in total. The van der Waals surface area contributed by atoms with E-state index in [4.69, 9.17) is 4.74 Å². The molecule has 10 nitrogen and oxygen atoms in total. The standard InChI is InChI=1S/C27H26F2N8O2/c1-17-16-36(7-5-30-17)23-3-2-19(15-31-23)33-27-32-14-18-4-6-37(25(18)34-27)20-12-21(28)24(22(29)13-20)26(38)35-8-10-39-11-9-35/h2-4,6,12-15,30H,1,5,7-11,16H2,(H,32,33,34). The predicted molar refractivity (Wildman–Crippen MR) is 142 cm³/mol. The van der Waals surface area contributed by atoms with Crippen LogP contribution < -0.4 is 15.5 Å². The number of nitrogens with zero attached hydrogens (tertiary/aromatic N) is 6. The maximum absolute atomic E-state index is 15.1. The summed E-state index contributed by atoms with van der Waals surface area (Å²) in [7, 11) is 0. The lowest BCUT2D eigenvalue weighted by Crippen LogP contribution is -2.42. The first kappa shape index (κ1) is 24.7. The highest BCUT2D eigenvalue weighted by Gasteiger charge is 2.26. The molecule has 0 saturated carbocycles. The Labute approximate surface area is 222 Å². The van der Waals surface area contributed by atoms with Crippen molar-refractivity contribution in [2.24, 2.45) is 0 Å². The molecule has 2 saturated heterocycles. The van der Waals surface area contributed by atoms with Crippen molar-refractivity contribution in [3.05, 3.63) is 78.4 Å². The van der Waals surface area contributed by atoms with Crippen molar-refractivity contribution in [3.63, 3.8) is 0 Å². The van der Waals surface area contributed by atoms with Gasteiger partial charge in [0.25, 0.3) is 5.91 Å². The highest BCUT2D eigenvalue weighted by atomic mass is 19.1. The Morgan fingerprint density at radius 1 is 1.05 bits per heavy atom. The zero-order valence-corrected chi connectivity index (χ0v) is 21.0. The largest absolute Gasteiger partial charge is 0.386 e. The van der Waals surface area contributed by atoms with Crippen LogP contribution in [0.2, 0.25) is 0 Å². The fourth-order valence-corrected chi connectivity index (χ4v) is 4.72. The van der Waals surface area contributed by atoms with Crippen LogP contribution in [0.4, 0.5) is 26.2 Å². The summed E-state index contributed by atoms with van der Waals surface area (Å²) in [5.41, 5.74) is 1.71. The van der Waals surface area contributed by atoms with Gasteiger partial charge >= 0.3 is 0 Å². The van der Waals surface area contributed by atoms with E-state index in [1.807, 2.05) is 12.1 Å². The SMILES string of the molecule is C=C1CN(c2ccc(Nc3ncc4ccn(-c5cc(F)c(C(=O)N6CCOCC6)c(F)c5)c4n3)cn2)CCN1. The minimum Gasteiger partial charge on any atom is -0.386 e. The minimum atomic E-state index is -0.935. The Morgan fingerprint density at radius 2 is 1.85 bits per heavy atom. The summed E-state index contributed by atoms with van der Waals surface area (Å²) in [4.78, 5) is 29.7. The van der Waals surface area contributed by atoms with Gasteiger partial charge in [0, 0.05) is 49.7 Å². The first-order valence-electron chi connectivity index (χ1n) is 12.6. The van der Waals surface area contributed by atoms with Crippen LogP contribution in [0.5, 0.6) is 0 Å². The van der Waals surface area contributed by atoms with E-state index >= 15 is 8.78 Å². The van der Waals surface area contributed by atoms with Gasteiger partial charge in [0.1, 0.15) is 28.7 Å². The highest BCUT2D eigenvalue weighted by molar-refractivity contribution is 5.95. The second kappa shape index (κ2) is 10.3. The fourth-order valence-electron chi connectivity index (χ4n) is 4.72. The molecular weight excluding hydrogens is 506 g/mol. The van der Waals surface area contributed by atoms with E-state index in [0.29, 0.717) is 42.4 Å². The molecule has 3 aromatic heterocycles. The van der Waals surface area contributed by atoms with Gasteiger partial charge in [-0.1, -0.05) is 6.58 Å². The van der Waals surface area contributed by atoms with E-state index in [2.05, 4.69) is 37.1 Å². The summed E-state index contributed by atoms with van der Waals surface area (Å²) in [5.74, 6) is -1.42. The third-order valence-corrected chi connectivity index (χ3v) is 6.71. The lowest BCUT2D eigenvalue weighted by atomic mass is 10.1. The van der Waals surface area contributed by atoms with Gasteiger partial charge in [-0.15, -0.1) is 0 Å². The summed E-state index contributed by atoms with van der Waals surface area (Å²) in [5, 5.41) is 7.04. The Balaban J connectivity index is 1.24. The average molecular weight is 533 g/mol. The van der Waals surface area contributed by atoms with Crippen molar-refractivity contribution in [2.45, 2.75) is 0 Å². The van der Waals surface area contributed by atoms with Crippen molar-refractivity contribution in [3.8, 4) is 5.69 Å². The number of nitrogens with one attached hydrogen (secondary N) is 2. The van der Waals surface area contributed by atoms with Crippen molar-refractivity contribution >= 4 is 34.4 Å². The van der Waals surface area contributed by atoms with Crippen molar-refractivity contribution in [2.75, 3.05) is 56.2 Å². The van der Waals surface area contributed by atoms with E-state index in [1.165, 1.54) is 4.90 Å². The number of carbonyl (C=O) groups is 1. The monoisotopic (exact) mass is 532 g/mol. The predicted octanol–water partition coefficient (Wildman–Crippen LogP) is 3.23. The number of benzene rings is 1. The number of anilines is 3. The molecule has 12 heteroatoms. The van der Waals surface area contributed by atoms with E-state index in [9.17, 15) is 4.79 Å². The number of carbonyl (C=O) groups excluding carboxylic acids is 1. The molecule has 0 aliphatic carbocycles. The Kier molecular flexibility index (Phi) is 6.53. The second-order valence-corrected chi connectivity index (χ2v) is 9.33. The number of halogens is 2. The van der Waals surface area contributed by atoms with Gasteiger partial charge in [-0.3, -0.25) is 4.79 Å². The molecule has 2 fully saturated rings. The van der Waals surface area contributed by atoms with Crippen LogP contribution in [0.1, 0.15) is 10.4 Å². The quantitative estimate of drug-likeness (QED) is 0.404. The summed E-state index contributed by atoms with van der Waals surface area (Å²) in [6, 6.07) is 7.82. The first-order chi connectivity index (χ1) is 19.0. The van der Waals surface area contributed by atoms with Crippen LogP contribution in [0.25, 0.3) is 16.7 Å². The number of hydrogen-bond donors (Lipinski definition) is 2. The highest BCUT2D eigenvalue weighted by Crippen LogP contribution is 2.25. The zero-order chi connectivity index (χ0) is 26.9. The third kappa shape index (κ3) is 4.98. The molecular formula is C27H26F2N8O2. The molecule has 0 atom stereocenters. The Morgan fingerprint density at radius 3 is 2.56 bits per heavy atom. The Hall–Kier alpha value is -4.58. The van der Waals surface area contributed by atoms with Crippen LogP contribution in [-0.2, 0) is 4.74 Å². The normalized spacial score (nSPS) is 15.9. The first-order valence-corrected chi connectivity index (χ1v) is 12.6. The van der Waals surface area contributed by atoms with Crippen molar-refractivity contribution in [1.82, 2.24) is 29.7 Å². The summed E-state index contributed by atoms with van der Waals surface area (Å²) in [6.07, 6.45) is 4.97. The molecule has 200 valence electrons. The van der Waals surface area contributed by atoms with Gasteiger partial charge < -0.3 is 29.7 Å². The number of piperazine rings is 1. The number of aromatic nitrogens is 4. The molecule has 0 spiro atoms. The number of hydrogen-bond acceptors (Lipinski definition) is 8. The zero-order valence-electron chi connectivity index (χ0n) is 21.0. The molecule has 0 radical (unpaired) electrons. The van der Waals surface area contributed by atoms with E-state index < -0.39 is 23.1 Å². The van der Waals surface area contributed by atoms with Gasteiger partial charge in [0.15, 0.2) is 0 Å². The maximum atomic E-state index is 15.1. The van der Waals surface area contributed by atoms with Crippen LogP contribution in [0.3, 0.4) is 0 Å². The second-order valence-electron chi connectivity index (χ2n) is 9.33. The maximum Gasteiger partial charge on any atom is 0.259 e. The number of rotatable bonds is 5. The van der Waals surface area contributed by atoms with Crippen LogP contribution in [0.15, 0.2) is 61.2 Å². The molecule has 0 unspecified atom stereocenters. The fraction of sp³-hybridized carbons (Fsp3) is 0.259. The molecule has 0 bridgehead atoms. The number of ether oxygens (including phenoxy) is 1. The lowest BCUT2D eigenvalue weighted by Gasteiger charge is -2.30. The molecule has 6 rings (SSSR count). The number of amides is 1. The van der Waals surface area contributed by atoms with Gasteiger partial charge in [0.2, 0.25) is 5.95 Å². The summed E-state index contributed by atoms with van der Waals surface area (Å²) < 4.78 is 36.9. The van der Waals surface area contributed by atoms with Gasteiger partial charge in [-0.2, -0.15) is 4.98 Å². The van der Waals surface area contributed by atoms with E-state index in [-0.39, 0.29) is 18.8 Å². The molecule has 39 heavy (non-hydrogen) atoms. The van der Waals surface area contributed by atoms with Crippen LogP contribution in [0, 0.1) is 11.6 Å². The van der Waals surface area contributed by atoms with E-state index in [0.717, 1.165) is 36.7 Å². The van der Waals surface area contributed by atoms with E-state index in [1.54, 1.807) is 29.2 Å². The smallest absolute Gasteiger partial charge is 0.259 e. The third-order valence-electron chi connectivity index (χ3n) is 6.71. The summed E-state index contributed by atoms with van der Waals surface area (Å²) in [6.45, 7) is 7.58. The Bertz CT molecular complexity index is 1530. The average Bonchev–Trinajstić information content (AvgIpc) is 3.37. The van der Waals surface area contributed by atoms with Gasteiger partial charge in [0.05, 0.1) is 37.3 Å². The minimum absolute atomic E-state index is 0.201. The molecule has 2 aliphatic heterocycles. The van der Waals surface area contributed by atoms with Gasteiger partial charge in [-0.25, -0.2) is 18.7 Å². The molecule has 1 aromatic carbocycles. The van der Waals surface area contributed by atoms with Crippen molar-refractivity contribution in [1.29, 1.82) is 0 Å². The molecule has 1 amide bonds. The number of morpholine rings is 1. The lowest BCUT2D eigenvalue weighted by molar-refractivity contribution is 0.0296. The number of pyridine rings is 1. The summed E-state index contributed by atoms with van der Waals surface area (Å²) >= 11 is 0. The van der Waals surface area contributed by atoms with Gasteiger partial charge in [-0.05, 0) is 30.3 Å². The topological polar surface area (TPSA) is 100 Å². The number of fused-ring (bicyclic) bond motifs is 1. The van der Waals surface area contributed by atoms with Crippen molar-refractivity contribution < 1.29 is 18.3 Å². The molecule has 2 aliphatic rings. The molecule has 4 aromatic rings.